The highest BCUT2D eigenvalue weighted by Gasteiger charge is 2.42. The number of Topliss-reactive ketones (excluding diaryl/α,β-unsaturated/α-hetero) is 1. The second-order valence-corrected chi connectivity index (χ2v) is 10.0. The third-order valence-electron chi connectivity index (χ3n) is 7.40. The van der Waals surface area contributed by atoms with Gasteiger partial charge in [0.15, 0.2) is 5.78 Å². The summed E-state index contributed by atoms with van der Waals surface area (Å²) in [6, 6.07) is 15.6. The van der Waals surface area contributed by atoms with Gasteiger partial charge in [0.25, 0.3) is 0 Å². The summed E-state index contributed by atoms with van der Waals surface area (Å²) >= 11 is 6.49. The molecule has 35 heavy (non-hydrogen) atoms. The molecule has 1 fully saturated rings. The van der Waals surface area contributed by atoms with Crippen LogP contribution >= 0.6 is 11.6 Å². The van der Waals surface area contributed by atoms with Gasteiger partial charge < -0.3 is 14.8 Å². The third-order valence-corrected chi connectivity index (χ3v) is 7.70. The van der Waals surface area contributed by atoms with Crippen molar-refractivity contribution in [3.05, 3.63) is 87.2 Å². The molecular formula is C29H30ClNO4. The Morgan fingerprint density at radius 2 is 1.77 bits per heavy atom. The summed E-state index contributed by atoms with van der Waals surface area (Å²) in [6.07, 6.45) is 4.94. The topological polar surface area (TPSA) is 64.6 Å². The SMILES string of the molecule is COc1ccc([C@@H]2C(C(=O)OC3CCCC3)=C(C)NC3=C2C(=O)C[C@@H](c2ccccc2)C3)cc1Cl. The molecule has 0 unspecified atom stereocenters. The maximum Gasteiger partial charge on any atom is 0.337 e. The number of benzene rings is 2. The lowest BCUT2D eigenvalue weighted by Crippen LogP contribution is -2.36. The number of esters is 1. The summed E-state index contributed by atoms with van der Waals surface area (Å²) in [4.78, 5) is 27.2. The minimum Gasteiger partial charge on any atom is -0.495 e. The molecule has 2 aromatic rings. The Kier molecular flexibility index (Phi) is 6.70. The number of nitrogens with one attached hydrogen (secondary N) is 1. The zero-order valence-corrected chi connectivity index (χ0v) is 20.9. The van der Waals surface area contributed by atoms with E-state index < -0.39 is 5.92 Å². The van der Waals surface area contributed by atoms with Gasteiger partial charge in [-0.3, -0.25) is 4.79 Å². The lowest BCUT2D eigenvalue weighted by Gasteiger charge is -2.37. The van der Waals surface area contributed by atoms with Crippen molar-refractivity contribution in [3.8, 4) is 5.75 Å². The fourth-order valence-corrected chi connectivity index (χ4v) is 5.95. The van der Waals surface area contributed by atoms with Crippen molar-refractivity contribution < 1.29 is 19.1 Å². The molecule has 3 aliphatic rings. The Bertz CT molecular complexity index is 1210. The van der Waals surface area contributed by atoms with Gasteiger partial charge >= 0.3 is 5.97 Å². The molecule has 0 spiro atoms. The van der Waals surface area contributed by atoms with E-state index in [4.69, 9.17) is 21.1 Å². The fourth-order valence-electron chi connectivity index (χ4n) is 5.69. The maximum absolute atomic E-state index is 13.7. The van der Waals surface area contributed by atoms with Crippen LogP contribution in [0.5, 0.6) is 5.75 Å². The number of rotatable bonds is 5. The van der Waals surface area contributed by atoms with Crippen molar-refractivity contribution in [2.24, 2.45) is 0 Å². The monoisotopic (exact) mass is 491 g/mol. The first kappa shape index (κ1) is 23.7. The lowest BCUT2D eigenvalue weighted by molar-refractivity contribution is -0.144. The van der Waals surface area contributed by atoms with Crippen molar-refractivity contribution in [1.82, 2.24) is 5.32 Å². The van der Waals surface area contributed by atoms with E-state index in [0.29, 0.717) is 34.8 Å². The van der Waals surface area contributed by atoms with Crippen LogP contribution in [0.1, 0.15) is 68.4 Å². The number of hydrogen-bond acceptors (Lipinski definition) is 5. The van der Waals surface area contributed by atoms with Crippen LogP contribution in [0.3, 0.4) is 0 Å². The van der Waals surface area contributed by atoms with Crippen molar-refractivity contribution in [1.29, 1.82) is 0 Å². The van der Waals surface area contributed by atoms with Crippen LogP contribution in [-0.4, -0.2) is 25.0 Å². The second-order valence-electron chi connectivity index (χ2n) is 9.63. The predicted molar refractivity (Wildman–Crippen MR) is 135 cm³/mol. The molecule has 1 aliphatic heterocycles. The van der Waals surface area contributed by atoms with Gasteiger partial charge in [-0.2, -0.15) is 0 Å². The highest BCUT2D eigenvalue weighted by Crippen LogP contribution is 2.47. The van der Waals surface area contributed by atoms with Crippen molar-refractivity contribution in [3.63, 3.8) is 0 Å². The minimum absolute atomic E-state index is 0.0446. The number of halogens is 1. The van der Waals surface area contributed by atoms with Gasteiger partial charge in [0.2, 0.25) is 0 Å². The maximum atomic E-state index is 13.7. The first-order valence-electron chi connectivity index (χ1n) is 12.3. The van der Waals surface area contributed by atoms with Crippen LogP contribution in [0.25, 0.3) is 0 Å². The number of dihydropyridines is 1. The molecule has 5 rings (SSSR count). The van der Waals surface area contributed by atoms with Crippen molar-refractivity contribution in [2.75, 3.05) is 7.11 Å². The Hall–Kier alpha value is -3.05. The van der Waals surface area contributed by atoms with E-state index in [0.717, 1.165) is 48.2 Å². The Balaban J connectivity index is 1.57. The molecule has 1 heterocycles. The molecule has 1 N–H and O–H groups in total. The zero-order valence-electron chi connectivity index (χ0n) is 20.1. The quantitative estimate of drug-likeness (QED) is 0.505. The van der Waals surface area contributed by atoms with Gasteiger partial charge in [0.1, 0.15) is 11.9 Å². The summed E-state index contributed by atoms with van der Waals surface area (Å²) < 4.78 is 11.3. The molecule has 2 aliphatic carbocycles. The molecule has 0 aromatic heterocycles. The summed E-state index contributed by atoms with van der Waals surface area (Å²) in [6.45, 7) is 1.89. The van der Waals surface area contributed by atoms with Crippen LogP contribution in [0.4, 0.5) is 0 Å². The molecule has 6 heteroatoms. The van der Waals surface area contributed by atoms with Crippen LogP contribution in [-0.2, 0) is 14.3 Å². The van der Waals surface area contributed by atoms with Crippen LogP contribution in [0.2, 0.25) is 5.02 Å². The Morgan fingerprint density at radius 1 is 1.03 bits per heavy atom. The molecule has 5 nitrogen and oxygen atoms in total. The van der Waals surface area contributed by atoms with Crippen molar-refractivity contribution >= 4 is 23.4 Å². The summed E-state index contributed by atoms with van der Waals surface area (Å²) in [5.74, 6) is -0.206. The number of ketones is 1. The number of allylic oxidation sites excluding steroid dienone is 3. The summed E-state index contributed by atoms with van der Waals surface area (Å²) in [5.41, 5.74) is 4.67. The molecule has 182 valence electrons. The Labute approximate surface area is 211 Å². The fraction of sp³-hybridized carbons (Fsp3) is 0.379. The normalized spacial score (nSPS) is 22.7. The zero-order chi connectivity index (χ0) is 24.5. The van der Waals surface area contributed by atoms with E-state index >= 15 is 0 Å². The molecular weight excluding hydrogens is 462 g/mol. The third kappa shape index (κ3) is 4.62. The number of carbonyl (C=O) groups is 2. The molecule has 2 aromatic carbocycles. The summed E-state index contributed by atoms with van der Waals surface area (Å²) in [7, 11) is 1.56. The van der Waals surface area contributed by atoms with E-state index in [1.54, 1.807) is 19.2 Å². The van der Waals surface area contributed by atoms with E-state index in [2.05, 4.69) is 17.4 Å². The first-order chi connectivity index (χ1) is 17.0. The number of ether oxygens (including phenoxy) is 2. The van der Waals surface area contributed by atoms with Gasteiger partial charge in [-0.25, -0.2) is 4.79 Å². The number of carbonyl (C=O) groups excluding carboxylic acids is 2. The van der Waals surface area contributed by atoms with Gasteiger partial charge in [0, 0.05) is 29.3 Å². The van der Waals surface area contributed by atoms with E-state index in [1.807, 2.05) is 31.2 Å². The van der Waals surface area contributed by atoms with Gasteiger partial charge in [-0.15, -0.1) is 0 Å². The average molecular weight is 492 g/mol. The highest BCUT2D eigenvalue weighted by atomic mass is 35.5. The first-order valence-corrected chi connectivity index (χ1v) is 12.7. The van der Waals surface area contributed by atoms with Gasteiger partial charge in [-0.05, 0) is 68.2 Å². The van der Waals surface area contributed by atoms with Crippen LogP contribution in [0, 0.1) is 0 Å². The summed E-state index contributed by atoms with van der Waals surface area (Å²) in [5, 5.41) is 3.86. The lowest BCUT2D eigenvalue weighted by atomic mass is 9.71. The predicted octanol–water partition coefficient (Wildman–Crippen LogP) is 6.20. The smallest absolute Gasteiger partial charge is 0.337 e. The molecule has 1 saturated carbocycles. The van der Waals surface area contributed by atoms with Crippen LogP contribution < -0.4 is 10.1 Å². The molecule has 0 saturated heterocycles. The molecule has 0 radical (unpaired) electrons. The molecule has 2 atom stereocenters. The largest absolute Gasteiger partial charge is 0.495 e. The van der Waals surface area contributed by atoms with Gasteiger partial charge in [-0.1, -0.05) is 48.0 Å². The Morgan fingerprint density at radius 3 is 2.46 bits per heavy atom. The average Bonchev–Trinajstić information content (AvgIpc) is 3.36. The van der Waals surface area contributed by atoms with Crippen LogP contribution in [0.15, 0.2) is 71.1 Å². The molecule has 0 amide bonds. The highest BCUT2D eigenvalue weighted by molar-refractivity contribution is 6.32. The van der Waals surface area contributed by atoms with E-state index in [-0.39, 0.29) is 23.8 Å². The minimum atomic E-state index is -0.534. The molecule has 0 bridgehead atoms. The number of hydrogen-bond donors (Lipinski definition) is 1. The number of methoxy groups -OCH3 is 1. The van der Waals surface area contributed by atoms with E-state index in [9.17, 15) is 9.59 Å². The van der Waals surface area contributed by atoms with Gasteiger partial charge in [0.05, 0.1) is 17.7 Å². The van der Waals surface area contributed by atoms with E-state index in [1.165, 1.54) is 0 Å². The van der Waals surface area contributed by atoms with Crippen molar-refractivity contribution in [2.45, 2.75) is 63.4 Å². The second kappa shape index (κ2) is 9.90. The standard InChI is InChI=1S/C29H30ClNO4/c1-17-26(29(33)35-21-10-6-7-11-21)27(19-12-13-25(34-2)22(30)14-19)28-23(31-17)15-20(16-24(28)32)18-8-4-3-5-9-18/h3-5,8-9,12-14,20-21,27,31H,6-7,10-11,15-16H2,1-2H3/t20-,27+/m0/s1.